The normalized spacial score (nSPS) is 14.9. The minimum absolute atomic E-state index is 0.0170. The van der Waals surface area contributed by atoms with Crippen LogP contribution in [0.25, 0.3) is 0 Å². The third kappa shape index (κ3) is 7.74. The fraction of sp³-hybridized carbons (Fsp3) is 0.480. The van der Waals surface area contributed by atoms with Gasteiger partial charge in [0.1, 0.15) is 5.82 Å². The summed E-state index contributed by atoms with van der Waals surface area (Å²) >= 11 is 0. The van der Waals surface area contributed by atoms with Crippen LogP contribution in [0.1, 0.15) is 44.7 Å². The van der Waals surface area contributed by atoms with Crippen LogP contribution in [0.3, 0.4) is 0 Å². The number of carbonyl (C=O) groups is 1. The molecule has 2 aromatic rings. The molecule has 0 spiro atoms. The van der Waals surface area contributed by atoms with E-state index in [1.165, 1.54) is 5.56 Å². The minimum atomic E-state index is -0.0648. The van der Waals surface area contributed by atoms with E-state index in [4.69, 9.17) is 11.6 Å². The van der Waals surface area contributed by atoms with Gasteiger partial charge in [-0.3, -0.25) is 15.1 Å². The van der Waals surface area contributed by atoms with Gasteiger partial charge in [0.05, 0.1) is 6.54 Å². The highest BCUT2D eigenvalue weighted by molar-refractivity contribution is 5.78. The molecular formula is C25H35N7O. The molecule has 2 heterocycles. The maximum atomic E-state index is 11.6. The Morgan fingerprint density at radius 3 is 2.52 bits per heavy atom. The predicted octanol–water partition coefficient (Wildman–Crippen LogP) is 2.16. The highest BCUT2D eigenvalue weighted by Gasteiger charge is 2.23. The molecule has 0 aliphatic carbocycles. The molecule has 1 saturated heterocycles. The summed E-state index contributed by atoms with van der Waals surface area (Å²) in [5.41, 5.74) is 10.3. The van der Waals surface area contributed by atoms with E-state index < -0.39 is 0 Å². The van der Waals surface area contributed by atoms with Gasteiger partial charge in [-0.25, -0.2) is 10.8 Å². The molecule has 8 nitrogen and oxygen atoms in total. The molecule has 33 heavy (non-hydrogen) atoms. The van der Waals surface area contributed by atoms with Crippen molar-refractivity contribution in [3.05, 3.63) is 47.7 Å². The van der Waals surface area contributed by atoms with Crippen LogP contribution in [0.15, 0.2) is 36.5 Å². The average Bonchev–Trinajstić information content (AvgIpc) is 2.79. The molecule has 5 N–H and O–H groups in total. The van der Waals surface area contributed by atoms with E-state index in [-0.39, 0.29) is 23.2 Å². The number of rotatable bonds is 6. The van der Waals surface area contributed by atoms with E-state index in [1.54, 1.807) is 6.20 Å². The number of piperidine rings is 1. The number of nitrogens with one attached hydrogen (secondary N) is 1. The van der Waals surface area contributed by atoms with Crippen molar-refractivity contribution < 1.29 is 4.79 Å². The maximum absolute atomic E-state index is 11.6. The molecule has 0 unspecified atom stereocenters. The molecule has 0 radical (unpaired) electrons. The van der Waals surface area contributed by atoms with Crippen molar-refractivity contribution in [2.75, 3.05) is 36.8 Å². The highest BCUT2D eigenvalue weighted by Crippen LogP contribution is 2.22. The third-order valence-electron chi connectivity index (χ3n) is 5.61. The molecule has 1 aromatic carbocycles. The zero-order chi connectivity index (χ0) is 23.8. The SMILES string of the molecule is CC(C)(C)CN(Cc1ccc(C#CCN2CCC(C(=O)NN)CC2)cc1)c1ccnc(N)n1. The van der Waals surface area contributed by atoms with Gasteiger partial charge < -0.3 is 10.6 Å². The number of aromatic nitrogens is 2. The van der Waals surface area contributed by atoms with Gasteiger partial charge in [-0.1, -0.05) is 44.7 Å². The van der Waals surface area contributed by atoms with Crippen LogP contribution in [-0.4, -0.2) is 47.0 Å². The van der Waals surface area contributed by atoms with Gasteiger partial charge in [0, 0.05) is 30.8 Å². The van der Waals surface area contributed by atoms with Crippen molar-refractivity contribution in [2.24, 2.45) is 17.2 Å². The van der Waals surface area contributed by atoms with Crippen LogP contribution in [0.5, 0.6) is 0 Å². The zero-order valence-corrected chi connectivity index (χ0v) is 19.8. The number of hydrazine groups is 1. The lowest BCUT2D eigenvalue weighted by Gasteiger charge is -2.31. The van der Waals surface area contributed by atoms with Gasteiger partial charge in [-0.2, -0.15) is 4.98 Å². The third-order valence-corrected chi connectivity index (χ3v) is 5.61. The van der Waals surface area contributed by atoms with Gasteiger partial charge >= 0.3 is 0 Å². The van der Waals surface area contributed by atoms with Crippen molar-refractivity contribution in [2.45, 2.75) is 40.2 Å². The Bertz CT molecular complexity index is 980. The first-order valence-electron chi connectivity index (χ1n) is 11.4. The van der Waals surface area contributed by atoms with E-state index in [1.807, 2.05) is 6.07 Å². The summed E-state index contributed by atoms with van der Waals surface area (Å²) in [6.45, 7) is 10.6. The Labute approximate surface area is 196 Å². The van der Waals surface area contributed by atoms with Gasteiger partial charge in [0.25, 0.3) is 0 Å². The van der Waals surface area contributed by atoms with E-state index in [0.29, 0.717) is 6.54 Å². The fourth-order valence-corrected chi connectivity index (χ4v) is 3.97. The highest BCUT2D eigenvalue weighted by atomic mass is 16.2. The average molecular weight is 450 g/mol. The van der Waals surface area contributed by atoms with Crippen molar-refractivity contribution in [1.29, 1.82) is 0 Å². The van der Waals surface area contributed by atoms with Crippen molar-refractivity contribution in [1.82, 2.24) is 20.3 Å². The molecule has 3 rings (SSSR count). The van der Waals surface area contributed by atoms with Gasteiger partial charge in [0.15, 0.2) is 0 Å². The number of nitrogen functional groups attached to an aromatic ring is 1. The first kappa shape index (κ1) is 24.5. The second-order valence-corrected chi connectivity index (χ2v) is 9.75. The molecule has 1 amide bonds. The van der Waals surface area contributed by atoms with Crippen LogP contribution in [-0.2, 0) is 11.3 Å². The molecule has 0 saturated carbocycles. The largest absolute Gasteiger partial charge is 0.368 e. The van der Waals surface area contributed by atoms with Crippen molar-refractivity contribution in [3.63, 3.8) is 0 Å². The minimum Gasteiger partial charge on any atom is -0.368 e. The van der Waals surface area contributed by atoms with Crippen LogP contribution in [0, 0.1) is 23.2 Å². The molecular weight excluding hydrogens is 414 g/mol. The second-order valence-electron chi connectivity index (χ2n) is 9.75. The number of hydrogen-bond donors (Lipinski definition) is 3. The smallest absolute Gasteiger partial charge is 0.237 e. The van der Waals surface area contributed by atoms with Crippen LogP contribution < -0.4 is 21.9 Å². The molecule has 176 valence electrons. The lowest BCUT2D eigenvalue weighted by molar-refractivity contribution is -0.126. The van der Waals surface area contributed by atoms with Gasteiger partial charge in [-0.15, -0.1) is 0 Å². The molecule has 1 aliphatic heterocycles. The number of nitrogens with zero attached hydrogens (tertiary/aromatic N) is 4. The van der Waals surface area contributed by atoms with Crippen LogP contribution >= 0.6 is 0 Å². The van der Waals surface area contributed by atoms with Crippen molar-refractivity contribution >= 4 is 17.7 Å². The first-order valence-corrected chi connectivity index (χ1v) is 11.4. The lowest BCUT2D eigenvalue weighted by atomic mass is 9.95. The summed E-state index contributed by atoms with van der Waals surface area (Å²) in [4.78, 5) is 24.6. The standard InChI is InChI=1S/C25H35N7O/c1-25(2,3)18-32(22-10-13-28-24(26)29-22)17-20-8-6-19(7-9-20)5-4-14-31-15-11-21(12-16-31)23(33)30-27/h6-10,13,21H,11-12,14-18,27H2,1-3H3,(H,30,33)(H2,26,28,29). The quantitative estimate of drug-likeness (QED) is 0.268. The van der Waals surface area contributed by atoms with E-state index in [9.17, 15) is 4.79 Å². The van der Waals surface area contributed by atoms with E-state index in [2.05, 4.69) is 82.1 Å². The summed E-state index contributed by atoms with van der Waals surface area (Å²) in [6, 6.07) is 10.2. The number of likely N-dealkylation sites (tertiary alicyclic amines) is 1. The second kappa shape index (κ2) is 11.1. The maximum Gasteiger partial charge on any atom is 0.237 e. The number of benzene rings is 1. The first-order chi connectivity index (χ1) is 15.7. The molecule has 1 aliphatic rings. The Kier molecular flexibility index (Phi) is 8.26. The van der Waals surface area contributed by atoms with E-state index >= 15 is 0 Å². The topological polar surface area (TPSA) is 113 Å². The Morgan fingerprint density at radius 1 is 1.21 bits per heavy atom. The summed E-state index contributed by atoms with van der Waals surface area (Å²) in [6.07, 6.45) is 3.34. The van der Waals surface area contributed by atoms with Gasteiger partial charge in [0.2, 0.25) is 11.9 Å². The fourth-order valence-electron chi connectivity index (χ4n) is 3.97. The van der Waals surface area contributed by atoms with Crippen molar-refractivity contribution in [3.8, 4) is 11.8 Å². The Hall–Kier alpha value is -3.15. The summed E-state index contributed by atoms with van der Waals surface area (Å²) in [5.74, 6) is 12.8. The summed E-state index contributed by atoms with van der Waals surface area (Å²) < 4.78 is 0. The number of nitrogens with two attached hydrogens (primary N) is 2. The zero-order valence-electron chi connectivity index (χ0n) is 19.8. The van der Waals surface area contributed by atoms with Gasteiger partial charge in [-0.05, 0) is 55.1 Å². The Balaban J connectivity index is 1.58. The molecule has 8 heteroatoms. The number of carbonyl (C=O) groups excluding carboxylic acids is 1. The molecule has 1 fully saturated rings. The predicted molar refractivity (Wildman–Crippen MR) is 132 cm³/mol. The molecule has 1 aromatic heterocycles. The lowest BCUT2D eigenvalue weighted by Crippen LogP contribution is -2.42. The number of hydrogen-bond acceptors (Lipinski definition) is 7. The molecule has 0 bridgehead atoms. The number of amides is 1. The number of anilines is 2. The summed E-state index contributed by atoms with van der Waals surface area (Å²) in [7, 11) is 0. The van der Waals surface area contributed by atoms with Crippen LogP contribution in [0.2, 0.25) is 0 Å². The summed E-state index contributed by atoms with van der Waals surface area (Å²) in [5, 5.41) is 0. The van der Waals surface area contributed by atoms with Crippen LogP contribution in [0.4, 0.5) is 11.8 Å². The monoisotopic (exact) mass is 449 g/mol. The Morgan fingerprint density at radius 2 is 1.91 bits per heavy atom. The molecule has 0 atom stereocenters. The van der Waals surface area contributed by atoms with E-state index in [0.717, 1.165) is 50.4 Å².